The topological polar surface area (TPSA) is 135 Å². The lowest BCUT2D eigenvalue weighted by Gasteiger charge is -2.27. The largest absolute Gasteiger partial charge is 0.358 e. The first-order valence-corrected chi connectivity index (χ1v) is 13.9. The standard InChI is InChI=1S/C28H41N3O9/c1-26(2)34-14-18(37-26)13-30-20(32)11-12-29-24(33)16-7-9-17(10-8-16)31-25-23-22(39-28(5,6)40-23)21(36-25)19-15-35-27(3,4)38-19/h7-10,18-19,21-23,25,31H,11-15H2,1-6H3,(H,29,33)(H,30,32)/t18?,19?,21?,22-,23-,25?/m0/s1. The summed E-state index contributed by atoms with van der Waals surface area (Å²) in [6.45, 7) is 12.6. The average molecular weight is 564 g/mol. The zero-order valence-corrected chi connectivity index (χ0v) is 24.0. The van der Waals surface area contributed by atoms with Crippen LogP contribution in [-0.2, 0) is 38.0 Å². The maximum atomic E-state index is 12.6. The number of benzene rings is 1. The first kappa shape index (κ1) is 29.2. The molecule has 1 aromatic carbocycles. The van der Waals surface area contributed by atoms with E-state index in [0.717, 1.165) is 5.69 Å². The number of carbonyl (C=O) groups is 2. The molecule has 40 heavy (non-hydrogen) atoms. The van der Waals surface area contributed by atoms with Gasteiger partial charge in [-0.25, -0.2) is 0 Å². The van der Waals surface area contributed by atoms with Gasteiger partial charge in [-0.05, 0) is 65.8 Å². The maximum Gasteiger partial charge on any atom is 0.251 e. The summed E-state index contributed by atoms with van der Waals surface area (Å²) in [5.74, 6) is -2.49. The van der Waals surface area contributed by atoms with Crippen molar-refractivity contribution in [3.63, 3.8) is 0 Å². The van der Waals surface area contributed by atoms with Gasteiger partial charge in [-0.3, -0.25) is 9.59 Å². The van der Waals surface area contributed by atoms with Gasteiger partial charge in [-0.15, -0.1) is 0 Å². The van der Waals surface area contributed by atoms with Gasteiger partial charge in [-0.1, -0.05) is 0 Å². The van der Waals surface area contributed by atoms with Gasteiger partial charge in [0.1, 0.15) is 30.5 Å². The third-order valence-electron chi connectivity index (χ3n) is 7.17. The molecule has 2 amide bonds. The van der Waals surface area contributed by atoms with E-state index in [-0.39, 0.29) is 55.3 Å². The Morgan fingerprint density at radius 3 is 2.12 bits per heavy atom. The minimum absolute atomic E-state index is 0.163. The number of hydrogen-bond acceptors (Lipinski definition) is 10. The summed E-state index contributed by atoms with van der Waals surface area (Å²) in [7, 11) is 0. The van der Waals surface area contributed by atoms with Crippen LogP contribution in [0.5, 0.6) is 0 Å². The predicted octanol–water partition coefficient (Wildman–Crippen LogP) is 1.88. The molecule has 5 rings (SSSR count). The summed E-state index contributed by atoms with van der Waals surface area (Å²) in [5, 5.41) is 8.96. The second-order valence-electron chi connectivity index (χ2n) is 11.9. The number of carbonyl (C=O) groups excluding carboxylic acids is 2. The second-order valence-corrected chi connectivity index (χ2v) is 11.9. The molecule has 0 saturated carbocycles. The van der Waals surface area contributed by atoms with Gasteiger partial charge in [0.25, 0.3) is 5.91 Å². The number of fused-ring (bicyclic) bond motifs is 1. The summed E-state index contributed by atoms with van der Waals surface area (Å²) in [5.41, 5.74) is 1.24. The first-order chi connectivity index (χ1) is 18.8. The fourth-order valence-corrected chi connectivity index (χ4v) is 5.38. The molecule has 4 aliphatic rings. The predicted molar refractivity (Wildman–Crippen MR) is 142 cm³/mol. The van der Waals surface area contributed by atoms with Gasteiger partial charge in [-0.2, -0.15) is 0 Å². The number of hydrogen-bond donors (Lipinski definition) is 3. The van der Waals surface area contributed by atoms with Crippen LogP contribution in [0.15, 0.2) is 24.3 Å². The normalized spacial score (nSPS) is 33.5. The molecule has 12 heteroatoms. The SMILES string of the molecule is CC1(C)OCC(CNC(=O)CCNC(=O)c2ccc(NC3OC(C4COC(C)(C)O4)[C@@H]4OC(C)(C)O[C@H]34)cc2)O1. The van der Waals surface area contributed by atoms with Gasteiger partial charge in [0.2, 0.25) is 5.91 Å². The Hall–Kier alpha value is -2.32. The Labute approximate surface area is 234 Å². The van der Waals surface area contributed by atoms with E-state index >= 15 is 0 Å². The van der Waals surface area contributed by atoms with Gasteiger partial charge in [0, 0.05) is 30.8 Å². The maximum absolute atomic E-state index is 12.6. The van der Waals surface area contributed by atoms with Gasteiger partial charge in [0.15, 0.2) is 23.6 Å². The number of amides is 2. The van der Waals surface area contributed by atoms with E-state index in [1.54, 1.807) is 24.3 Å². The third kappa shape index (κ3) is 6.93. The number of anilines is 1. The van der Waals surface area contributed by atoms with E-state index < -0.39 is 23.6 Å². The average Bonchev–Trinajstić information content (AvgIpc) is 3.59. The van der Waals surface area contributed by atoms with Gasteiger partial charge in [0.05, 0.1) is 13.2 Å². The summed E-state index contributed by atoms with van der Waals surface area (Å²) in [4.78, 5) is 24.7. The van der Waals surface area contributed by atoms with E-state index in [4.69, 9.17) is 33.2 Å². The molecule has 0 radical (unpaired) electrons. The number of ether oxygens (including phenoxy) is 7. The summed E-state index contributed by atoms with van der Waals surface area (Å²) in [6.07, 6.45) is -1.80. The highest BCUT2D eigenvalue weighted by Gasteiger charge is 2.59. The van der Waals surface area contributed by atoms with Crippen molar-refractivity contribution in [2.24, 2.45) is 0 Å². The lowest BCUT2D eigenvalue weighted by molar-refractivity contribution is -0.203. The molecule has 4 aliphatic heterocycles. The summed E-state index contributed by atoms with van der Waals surface area (Å²) < 4.78 is 41.6. The third-order valence-corrected chi connectivity index (χ3v) is 7.17. The van der Waals surface area contributed by atoms with Crippen molar-refractivity contribution in [2.45, 2.75) is 102 Å². The molecule has 4 fully saturated rings. The minimum atomic E-state index is -0.749. The molecule has 0 spiro atoms. The Morgan fingerprint density at radius 2 is 1.48 bits per heavy atom. The molecule has 222 valence electrons. The minimum Gasteiger partial charge on any atom is -0.358 e. The monoisotopic (exact) mass is 563 g/mol. The molecule has 12 nitrogen and oxygen atoms in total. The van der Waals surface area contributed by atoms with Crippen molar-refractivity contribution in [1.82, 2.24) is 10.6 Å². The first-order valence-electron chi connectivity index (χ1n) is 13.9. The van der Waals surface area contributed by atoms with Crippen LogP contribution < -0.4 is 16.0 Å². The highest BCUT2D eigenvalue weighted by atomic mass is 16.8. The van der Waals surface area contributed by atoms with Gasteiger partial charge < -0.3 is 49.1 Å². The molecule has 0 bridgehead atoms. The van der Waals surface area contributed by atoms with Crippen LogP contribution in [0.1, 0.15) is 58.3 Å². The van der Waals surface area contributed by atoms with E-state index in [9.17, 15) is 9.59 Å². The highest BCUT2D eigenvalue weighted by molar-refractivity contribution is 5.94. The van der Waals surface area contributed by atoms with E-state index in [1.807, 2.05) is 41.5 Å². The quantitative estimate of drug-likeness (QED) is 0.409. The van der Waals surface area contributed by atoms with Crippen molar-refractivity contribution in [3.05, 3.63) is 29.8 Å². The number of nitrogens with one attached hydrogen (secondary N) is 3. The van der Waals surface area contributed by atoms with Crippen LogP contribution in [0.2, 0.25) is 0 Å². The Morgan fingerprint density at radius 1 is 0.800 bits per heavy atom. The molecule has 4 saturated heterocycles. The van der Waals surface area contributed by atoms with E-state index in [1.165, 1.54) is 0 Å². The van der Waals surface area contributed by atoms with Crippen molar-refractivity contribution in [2.75, 3.05) is 31.6 Å². The Bertz CT molecular complexity index is 1080. The smallest absolute Gasteiger partial charge is 0.251 e. The van der Waals surface area contributed by atoms with Crippen molar-refractivity contribution in [3.8, 4) is 0 Å². The van der Waals surface area contributed by atoms with Crippen molar-refractivity contribution < 1.29 is 42.7 Å². The lowest BCUT2D eigenvalue weighted by Crippen LogP contribution is -2.40. The molecule has 4 heterocycles. The summed E-state index contributed by atoms with van der Waals surface area (Å²) in [6, 6.07) is 7.04. The molecular weight excluding hydrogens is 522 g/mol. The van der Waals surface area contributed by atoms with Gasteiger partial charge >= 0.3 is 0 Å². The molecule has 3 N–H and O–H groups in total. The van der Waals surface area contributed by atoms with Crippen LogP contribution in [0, 0.1) is 0 Å². The van der Waals surface area contributed by atoms with Crippen molar-refractivity contribution in [1.29, 1.82) is 0 Å². The number of rotatable bonds is 9. The van der Waals surface area contributed by atoms with Crippen LogP contribution in [0.4, 0.5) is 5.69 Å². The molecule has 1 aromatic rings. The molecule has 6 atom stereocenters. The lowest BCUT2D eigenvalue weighted by atomic mass is 10.1. The van der Waals surface area contributed by atoms with E-state index in [2.05, 4.69) is 16.0 Å². The summed E-state index contributed by atoms with van der Waals surface area (Å²) >= 11 is 0. The van der Waals surface area contributed by atoms with Crippen molar-refractivity contribution >= 4 is 17.5 Å². The van der Waals surface area contributed by atoms with Crippen LogP contribution in [0.25, 0.3) is 0 Å². The zero-order chi connectivity index (χ0) is 28.7. The van der Waals surface area contributed by atoms with Crippen LogP contribution in [-0.4, -0.2) is 92.2 Å². The van der Waals surface area contributed by atoms with Crippen LogP contribution in [0.3, 0.4) is 0 Å². The Kier molecular flexibility index (Phi) is 8.14. The van der Waals surface area contributed by atoms with Crippen LogP contribution >= 0.6 is 0 Å². The highest BCUT2D eigenvalue weighted by Crippen LogP contribution is 2.42. The van der Waals surface area contributed by atoms with E-state index in [0.29, 0.717) is 25.3 Å². The zero-order valence-electron chi connectivity index (χ0n) is 24.0. The second kappa shape index (κ2) is 11.2. The molecule has 0 aromatic heterocycles. The molecule has 0 aliphatic carbocycles. The fraction of sp³-hybridized carbons (Fsp3) is 0.714. The molecular formula is C28H41N3O9. The molecule has 4 unspecified atom stereocenters. The fourth-order valence-electron chi connectivity index (χ4n) is 5.38. The Balaban J connectivity index is 1.09.